The first-order valence-corrected chi connectivity index (χ1v) is 7.05. The number of nitrogens with one attached hydrogen (secondary N) is 1. The lowest BCUT2D eigenvalue weighted by Gasteiger charge is -2.19. The third-order valence-electron chi connectivity index (χ3n) is 2.19. The SMILES string of the molecule is CCNC(=O)CN(CC)C(=O)c1csc(Br)c1. The van der Waals surface area contributed by atoms with Gasteiger partial charge in [-0.25, -0.2) is 0 Å². The van der Waals surface area contributed by atoms with Crippen LogP contribution in [0.2, 0.25) is 0 Å². The van der Waals surface area contributed by atoms with Crippen LogP contribution >= 0.6 is 27.3 Å². The summed E-state index contributed by atoms with van der Waals surface area (Å²) in [4.78, 5) is 25.0. The van der Waals surface area contributed by atoms with Gasteiger partial charge in [0.15, 0.2) is 0 Å². The number of rotatable bonds is 5. The van der Waals surface area contributed by atoms with Crippen molar-refractivity contribution in [1.82, 2.24) is 10.2 Å². The molecule has 1 N–H and O–H groups in total. The number of halogens is 1. The summed E-state index contributed by atoms with van der Waals surface area (Å²) in [7, 11) is 0. The second-order valence-electron chi connectivity index (χ2n) is 3.41. The summed E-state index contributed by atoms with van der Waals surface area (Å²) in [6.45, 7) is 4.92. The van der Waals surface area contributed by atoms with Gasteiger partial charge < -0.3 is 10.2 Å². The van der Waals surface area contributed by atoms with Crippen molar-refractivity contribution in [2.75, 3.05) is 19.6 Å². The zero-order valence-electron chi connectivity index (χ0n) is 9.83. The molecule has 0 bridgehead atoms. The number of nitrogens with zero attached hydrogens (tertiary/aromatic N) is 1. The first kappa shape index (κ1) is 14.2. The van der Waals surface area contributed by atoms with E-state index in [0.717, 1.165) is 3.79 Å². The molecule has 1 aromatic rings. The molecule has 0 radical (unpaired) electrons. The quantitative estimate of drug-likeness (QED) is 0.904. The Labute approximate surface area is 113 Å². The molecule has 6 heteroatoms. The monoisotopic (exact) mass is 318 g/mol. The number of amides is 2. The molecule has 0 aliphatic carbocycles. The number of carbonyl (C=O) groups excluding carboxylic acids is 2. The highest BCUT2D eigenvalue weighted by molar-refractivity contribution is 9.11. The molecular weight excluding hydrogens is 304 g/mol. The van der Waals surface area contributed by atoms with E-state index in [1.165, 1.54) is 16.2 Å². The summed E-state index contributed by atoms with van der Waals surface area (Å²) in [6.07, 6.45) is 0. The van der Waals surface area contributed by atoms with E-state index in [1.807, 2.05) is 13.8 Å². The van der Waals surface area contributed by atoms with E-state index in [-0.39, 0.29) is 18.4 Å². The van der Waals surface area contributed by atoms with Gasteiger partial charge in [-0.1, -0.05) is 0 Å². The molecule has 0 saturated heterocycles. The normalized spacial score (nSPS) is 10.1. The fraction of sp³-hybridized carbons (Fsp3) is 0.455. The Balaban J connectivity index is 2.67. The first-order valence-electron chi connectivity index (χ1n) is 5.38. The van der Waals surface area contributed by atoms with Crippen LogP contribution in [0.15, 0.2) is 15.2 Å². The van der Waals surface area contributed by atoms with Gasteiger partial charge in [-0.2, -0.15) is 0 Å². The van der Waals surface area contributed by atoms with Crippen molar-refractivity contribution < 1.29 is 9.59 Å². The summed E-state index contributed by atoms with van der Waals surface area (Å²) < 4.78 is 0.912. The molecule has 1 heterocycles. The zero-order chi connectivity index (χ0) is 12.8. The van der Waals surface area contributed by atoms with Crippen LogP contribution in [0.3, 0.4) is 0 Å². The fourth-order valence-electron chi connectivity index (χ4n) is 1.36. The van der Waals surface area contributed by atoms with E-state index in [9.17, 15) is 9.59 Å². The van der Waals surface area contributed by atoms with Crippen LogP contribution in [0.1, 0.15) is 24.2 Å². The van der Waals surface area contributed by atoms with Gasteiger partial charge >= 0.3 is 0 Å². The Bertz CT molecular complexity index is 406. The van der Waals surface area contributed by atoms with Gasteiger partial charge in [-0.15, -0.1) is 11.3 Å². The highest BCUT2D eigenvalue weighted by Crippen LogP contribution is 2.21. The predicted octanol–water partition coefficient (Wildman–Crippen LogP) is 2.11. The number of hydrogen-bond acceptors (Lipinski definition) is 3. The molecule has 0 atom stereocenters. The molecule has 0 unspecified atom stereocenters. The van der Waals surface area contributed by atoms with Crippen molar-refractivity contribution >= 4 is 39.1 Å². The van der Waals surface area contributed by atoms with E-state index in [2.05, 4.69) is 21.2 Å². The minimum atomic E-state index is -0.128. The molecule has 4 nitrogen and oxygen atoms in total. The lowest BCUT2D eigenvalue weighted by molar-refractivity contribution is -0.121. The Morgan fingerprint density at radius 3 is 2.65 bits per heavy atom. The number of likely N-dealkylation sites (N-methyl/N-ethyl adjacent to an activating group) is 2. The lowest BCUT2D eigenvalue weighted by atomic mass is 10.3. The minimum Gasteiger partial charge on any atom is -0.355 e. The Kier molecular flexibility index (Phi) is 5.64. The van der Waals surface area contributed by atoms with Gasteiger partial charge in [-0.3, -0.25) is 9.59 Å². The van der Waals surface area contributed by atoms with Crippen LogP contribution in [-0.4, -0.2) is 36.3 Å². The van der Waals surface area contributed by atoms with Crippen molar-refractivity contribution in [3.05, 3.63) is 20.8 Å². The van der Waals surface area contributed by atoms with Crippen molar-refractivity contribution in [3.63, 3.8) is 0 Å². The summed E-state index contributed by atoms with van der Waals surface area (Å²) in [5.41, 5.74) is 0.619. The third-order valence-corrected chi connectivity index (χ3v) is 3.70. The molecule has 2 amide bonds. The molecule has 0 aliphatic rings. The third kappa shape index (κ3) is 4.12. The number of thiophene rings is 1. The largest absolute Gasteiger partial charge is 0.355 e. The van der Waals surface area contributed by atoms with Crippen LogP contribution < -0.4 is 5.32 Å². The van der Waals surface area contributed by atoms with Crippen molar-refractivity contribution in [3.8, 4) is 0 Å². The summed E-state index contributed by atoms with van der Waals surface area (Å²) in [5.74, 6) is -0.238. The van der Waals surface area contributed by atoms with E-state index < -0.39 is 0 Å². The first-order chi connectivity index (χ1) is 8.08. The second kappa shape index (κ2) is 6.76. The van der Waals surface area contributed by atoms with Gasteiger partial charge in [0.2, 0.25) is 5.91 Å². The minimum absolute atomic E-state index is 0.108. The van der Waals surface area contributed by atoms with Gasteiger partial charge in [0.25, 0.3) is 5.91 Å². The van der Waals surface area contributed by atoms with Crippen LogP contribution in [0.4, 0.5) is 0 Å². The Morgan fingerprint density at radius 2 is 2.18 bits per heavy atom. The van der Waals surface area contributed by atoms with Gasteiger partial charge in [-0.05, 0) is 35.8 Å². The van der Waals surface area contributed by atoms with Crippen LogP contribution in [-0.2, 0) is 4.79 Å². The molecule has 0 aromatic carbocycles. The summed E-state index contributed by atoms with van der Waals surface area (Å²) >= 11 is 4.77. The molecular formula is C11H15BrN2O2S. The summed E-state index contributed by atoms with van der Waals surface area (Å²) in [6, 6.07) is 1.77. The topological polar surface area (TPSA) is 49.4 Å². The predicted molar refractivity (Wildman–Crippen MR) is 72.3 cm³/mol. The zero-order valence-corrected chi connectivity index (χ0v) is 12.2. The van der Waals surface area contributed by atoms with Crippen molar-refractivity contribution in [2.24, 2.45) is 0 Å². The smallest absolute Gasteiger partial charge is 0.255 e. The van der Waals surface area contributed by atoms with Gasteiger partial charge in [0, 0.05) is 18.5 Å². The number of hydrogen-bond donors (Lipinski definition) is 1. The molecule has 1 aromatic heterocycles. The van der Waals surface area contributed by atoms with Crippen LogP contribution in [0.25, 0.3) is 0 Å². The molecule has 1 rings (SSSR count). The van der Waals surface area contributed by atoms with E-state index in [4.69, 9.17) is 0 Å². The molecule has 0 fully saturated rings. The molecule has 94 valence electrons. The maximum absolute atomic E-state index is 12.1. The molecule has 0 aliphatic heterocycles. The number of carbonyl (C=O) groups is 2. The van der Waals surface area contributed by atoms with Crippen molar-refractivity contribution in [1.29, 1.82) is 0 Å². The van der Waals surface area contributed by atoms with Gasteiger partial charge in [0.05, 0.1) is 15.9 Å². The van der Waals surface area contributed by atoms with E-state index in [1.54, 1.807) is 11.4 Å². The van der Waals surface area contributed by atoms with E-state index >= 15 is 0 Å². The highest BCUT2D eigenvalue weighted by Gasteiger charge is 2.17. The maximum Gasteiger partial charge on any atom is 0.255 e. The molecule has 17 heavy (non-hydrogen) atoms. The van der Waals surface area contributed by atoms with Crippen molar-refractivity contribution in [2.45, 2.75) is 13.8 Å². The average Bonchev–Trinajstić information content (AvgIpc) is 2.72. The van der Waals surface area contributed by atoms with Crippen LogP contribution in [0.5, 0.6) is 0 Å². The van der Waals surface area contributed by atoms with Crippen LogP contribution in [0, 0.1) is 0 Å². The standard InChI is InChI=1S/C11H15BrN2O2S/c1-3-13-10(15)6-14(4-2)11(16)8-5-9(12)17-7-8/h5,7H,3-4,6H2,1-2H3,(H,13,15). The maximum atomic E-state index is 12.1. The Morgan fingerprint density at radius 1 is 1.47 bits per heavy atom. The molecule has 0 spiro atoms. The Hall–Kier alpha value is -0.880. The lowest BCUT2D eigenvalue weighted by Crippen LogP contribution is -2.40. The average molecular weight is 319 g/mol. The van der Waals surface area contributed by atoms with Gasteiger partial charge in [0.1, 0.15) is 0 Å². The second-order valence-corrected chi connectivity index (χ2v) is 5.70. The van der Waals surface area contributed by atoms with E-state index in [0.29, 0.717) is 18.7 Å². The summed E-state index contributed by atoms with van der Waals surface area (Å²) in [5, 5.41) is 4.47. The molecule has 0 saturated carbocycles. The fourth-order valence-corrected chi connectivity index (χ4v) is 2.49. The highest BCUT2D eigenvalue weighted by atomic mass is 79.9.